The molecule has 0 radical (unpaired) electrons. The minimum Gasteiger partial charge on any atom is -0.497 e. The number of amides is 3. The van der Waals surface area contributed by atoms with E-state index in [0.29, 0.717) is 57.7 Å². The second kappa shape index (κ2) is 11.9. The molecule has 0 saturated carbocycles. The van der Waals surface area contributed by atoms with E-state index in [1.54, 1.807) is 25.3 Å². The number of methoxy groups -OCH3 is 2. The van der Waals surface area contributed by atoms with E-state index in [1.165, 1.54) is 0 Å². The van der Waals surface area contributed by atoms with Crippen molar-refractivity contribution in [3.05, 3.63) is 60.0 Å². The number of rotatable bonds is 13. The highest BCUT2D eigenvalue weighted by atomic mass is 16.5. The average Bonchev–Trinajstić information content (AvgIpc) is 3.55. The summed E-state index contributed by atoms with van der Waals surface area (Å²) in [4.78, 5) is 33.6. The molecule has 1 aliphatic rings. The molecule has 3 amide bonds. The third-order valence-electron chi connectivity index (χ3n) is 6.93. The Morgan fingerprint density at radius 2 is 2.08 bits per heavy atom. The van der Waals surface area contributed by atoms with Crippen LogP contribution in [0.25, 0.3) is 11.1 Å². The topological polar surface area (TPSA) is 113 Å². The molecule has 2 N–H and O–H groups in total. The van der Waals surface area contributed by atoms with Crippen molar-refractivity contribution in [2.24, 2.45) is 0 Å². The number of benzene rings is 1. The van der Waals surface area contributed by atoms with Gasteiger partial charge < -0.3 is 19.7 Å². The normalized spacial score (nSPS) is 17.3. The van der Waals surface area contributed by atoms with Gasteiger partial charge in [-0.3, -0.25) is 14.8 Å². The number of nitrogens with one attached hydrogen (secondary N) is 2. The van der Waals surface area contributed by atoms with Crippen molar-refractivity contribution in [3.8, 4) is 16.9 Å². The number of aromatic amines is 1. The van der Waals surface area contributed by atoms with Crippen LogP contribution in [0.5, 0.6) is 5.75 Å². The van der Waals surface area contributed by atoms with E-state index in [0.717, 1.165) is 28.1 Å². The van der Waals surface area contributed by atoms with Gasteiger partial charge in [-0.15, -0.1) is 0 Å². The van der Waals surface area contributed by atoms with E-state index in [2.05, 4.69) is 15.5 Å². The van der Waals surface area contributed by atoms with Crippen LogP contribution < -0.4 is 15.0 Å². The first-order valence-electron chi connectivity index (χ1n) is 12.4. The lowest BCUT2D eigenvalue weighted by molar-refractivity contribution is -0.109. The Labute approximate surface area is 217 Å². The Hall–Kier alpha value is -3.92. The number of anilines is 1. The molecular formula is C27H34N6O4. The molecular weight excluding hydrogens is 472 g/mol. The SMILES string of the molecule is CCc1nc(N2CC(CCNC=O)(CCOC)N(Cc3cccc(OC)c3)C2=O)ccc1-c1cn[nH]c1. The fraction of sp³-hybridized carbons (Fsp3) is 0.407. The molecule has 1 aromatic carbocycles. The monoisotopic (exact) mass is 506 g/mol. The van der Waals surface area contributed by atoms with Gasteiger partial charge in [0, 0.05) is 44.1 Å². The smallest absolute Gasteiger partial charge is 0.326 e. The van der Waals surface area contributed by atoms with E-state index < -0.39 is 5.54 Å². The van der Waals surface area contributed by atoms with Gasteiger partial charge in [0.25, 0.3) is 0 Å². The minimum atomic E-state index is -0.566. The summed E-state index contributed by atoms with van der Waals surface area (Å²) in [7, 11) is 3.28. The van der Waals surface area contributed by atoms with E-state index >= 15 is 0 Å². The van der Waals surface area contributed by atoms with E-state index in [1.807, 2.05) is 54.4 Å². The Kier molecular flexibility index (Phi) is 8.39. The number of nitrogens with zero attached hydrogens (tertiary/aromatic N) is 4. The van der Waals surface area contributed by atoms with Crippen LogP contribution in [-0.2, 0) is 22.5 Å². The second-order valence-corrected chi connectivity index (χ2v) is 9.10. The maximum Gasteiger partial charge on any atom is 0.326 e. The van der Waals surface area contributed by atoms with Gasteiger partial charge in [-0.1, -0.05) is 19.1 Å². The highest BCUT2D eigenvalue weighted by Crippen LogP contribution is 2.37. The van der Waals surface area contributed by atoms with Crippen LogP contribution in [0.1, 0.15) is 31.0 Å². The highest BCUT2D eigenvalue weighted by molar-refractivity contribution is 5.94. The molecule has 1 unspecified atom stereocenters. The van der Waals surface area contributed by atoms with Crippen molar-refractivity contribution >= 4 is 18.3 Å². The van der Waals surface area contributed by atoms with Gasteiger partial charge in [-0.25, -0.2) is 9.78 Å². The Bertz CT molecular complexity index is 1200. The quantitative estimate of drug-likeness (QED) is 0.271. The van der Waals surface area contributed by atoms with Gasteiger partial charge in [0.15, 0.2) is 0 Å². The third kappa shape index (κ3) is 5.59. The summed E-state index contributed by atoms with van der Waals surface area (Å²) in [5.41, 5.74) is 3.22. The van der Waals surface area contributed by atoms with Crippen molar-refractivity contribution in [2.75, 3.05) is 38.8 Å². The van der Waals surface area contributed by atoms with E-state index in [9.17, 15) is 9.59 Å². The summed E-state index contributed by atoms with van der Waals surface area (Å²) in [5, 5.41) is 9.67. The minimum absolute atomic E-state index is 0.129. The van der Waals surface area contributed by atoms with Crippen LogP contribution >= 0.6 is 0 Å². The van der Waals surface area contributed by atoms with Crippen LogP contribution in [0, 0.1) is 0 Å². The molecule has 4 rings (SSSR count). The first kappa shape index (κ1) is 26.2. The van der Waals surface area contributed by atoms with Crippen LogP contribution in [-0.4, -0.2) is 72.0 Å². The van der Waals surface area contributed by atoms with Crippen LogP contribution in [0.2, 0.25) is 0 Å². The van der Waals surface area contributed by atoms with Crippen molar-refractivity contribution in [1.29, 1.82) is 0 Å². The lowest BCUT2D eigenvalue weighted by atomic mass is 9.90. The van der Waals surface area contributed by atoms with Crippen LogP contribution in [0.3, 0.4) is 0 Å². The van der Waals surface area contributed by atoms with Crippen molar-refractivity contribution < 1.29 is 19.1 Å². The molecule has 37 heavy (non-hydrogen) atoms. The Morgan fingerprint density at radius 3 is 2.78 bits per heavy atom. The largest absolute Gasteiger partial charge is 0.497 e. The van der Waals surface area contributed by atoms with Crippen LogP contribution in [0.15, 0.2) is 48.8 Å². The van der Waals surface area contributed by atoms with Gasteiger partial charge in [-0.2, -0.15) is 5.10 Å². The lowest BCUT2D eigenvalue weighted by Crippen LogP contribution is -2.49. The van der Waals surface area contributed by atoms with Gasteiger partial charge in [0.2, 0.25) is 6.41 Å². The number of pyridine rings is 1. The molecule has 0 aliphatic carbocycles. The number of carbonyl (C=O) groups excluding carboxylic acids is 2. The first-order chi connectivity index (χ1) is 18.0. The number of urea groups is 1. The molecule has 1 atom stereocenters. The lowest BCUT2D eigenvalue weighted by Gasteiger charge is -2.37. The van der Waals surface area contributed by atoms with Crippen LogP contribution in [0.4, 0.5) is 10.6 Å². The number of hydrogen-bond acceptors (Lipinski definition) is 6. The molecule has 1 saturated heterocycles. The fourth-order valence-electron chi connectivity index (χ4n) is 4.94. The number of H-pyrrole nitrogens is 1. The average molecular weight is 507 g/mol. The van der Waals surface area contributed by atoms with Gasteiger partial charge in [-0.05, 0) is 49.1 Å². The molecule has 10 heteroatoms. The Balaban J connectivity index is 1.72. The molecule has 0 spiro atoms. The summed E-state index contributed by atoms with van der Waals surface area (Å²) in [5.74, 6) is 1.34. The maximum atomic E-state index is 14.0. The van der Waals surface area contributed by atoms with Crippen molar-refractivity contribution in [2.45, 2.75) is 38.3 Å². The van der Waals surface area contributed by atoms with Crippen molar-refractivity contribution in [3.63, 3.8) is 0 Å². The highest BCUT2D eigenvalue weighted by Gasteiger charge is 2.49. The number of hydrogen-bond donors (Lipinski definition) is 2. The summed E-state index contributed by atoms with van der Waals surface area (Å²) in [6.07, 6.45) is 6.20. The van der Waals surface area contributed by atoms with Gasteiger partial charge in [0.1, 0.15) is 11.6 Å². The fourth-order valence-corrected chi connectivity index (χ4v) is 4.94. The number of aromatic nitrogens is 3. The van der Waals surface area contributed by atoms with Crippen molar-refractivity contribution in [1.82, 2.24) is 25.4 Å². The number of ether oxygens (including phenoxy) is 2. The molecule has 1 fully saturated rings. The first-order valence-corrected chi connectivity index (χ1v) is 12.4. The molecule has 196 valence electrons. The molecule has 1 aliphatic heterocycles. The number of carbonyl (C=O) groups is 2. The zero-order valence-electron chi connectivity index (χ0n) is 21.6. The number of aryl methyl sites for hydroxylation is 1. The second-order valence-electron chi connectivity index (χ2n) is 9.10. The molecule has 10 nitrogen and oxygen atoms in total. The maximum absolute atomic E-state index is 14.0. The van der Waals surface area contributed by atoms with E-state index in [4.69, 9.17) is 14.5 Å². The molecule has 3 aromatic rings. The van der Waals surface area contributed by atoms with Gasteiger partial charge >= 0.3 is 6.03 Å². The zero-order chi connectivity index (χ0) is 26.3. The predicted octanol–water partition coefficient (Wildman–Crippen LogP) is 3.40. The standard InChI is InChI=1S/C27H34N6O4/c1-4-24-23(21-15-29-30-16-21)8-9-25(31-24)32-18-27(11-13-36-2,10-12-28-19-34)33(26(32)35)17-20-6-5-7-22(14-20)37-3/h5-9,14-16,19H,4,10-13,17-18H2,1-3H3,(H,28,34)(H,29,30). The Morgan fingerprint density at radius 1 is 1.22 bits per heavy atom. The third-order valence-corrected chi connectivity index (χ3v) is 6.93. The summed E-state index contributed by atoms with van der Waals surface area (Å²) in [6.45, 7) is 3.79. The molecule has 0 bridgehead atoms. The zero-order valence-corrected chi connectivity index (χ0v) is 21.6. The predicted molar refractivity (Wildman–Crippen MR) is 140 cm³/mol. The summed E-state index contributed by atoms with van der Waals surface area (Å²) >= 11 is 0. The molecule has 2 aromatic heterocycles. The van der Waals surface area contributed by atoms with Gasteiger partial charge in [0.05, 0.1) is 31.1 Å². The molecule has 3 heterocycles. The summed E-state index contributed by atoms with van der Waals surface area (Å²) < 4.78 is 10.8. The van der Waals surface area contributed by atoms with E-state index in [-0.39, 0.29) is 6.03 Å². The summed E-state index contributed by atoms with van der Waals surface area (Å²) in [6, 6.07) is 11.5.